The second-order valence-electron chi connectivity index (χ2n) is 6.14. The summed E-state index contributed by atoms with van der Waals surface area (Å²) in [5.74, 6) is 1.95. The summed E-state index contributed by atoms with van der Waals surface area (Å²) in [7, 11) is 0. The van der Waals surface area contributed by atoms with Crippen molar-refractivity contribution in [3.63, 3.8) is 0 Å². The molecule has 23 heavy (non-hydrogen) atoms. The van der Waals surface area contributed by atoms with Gasteiger partial charge >= 0.3 is 0 Å². The second-order valence-corrected chi connectivity index (χ2v) is 6.57. The van der Waals surface area contributed by atoms with Crippen LogP contribution in [0.25, 0.3) is 0 Å². The number of aryl methyl sites for hydroxylation is 1. The SMILES string of the molecule is Cc1cc(Cl)ccc1OCCCC(=O)N/N=C1\C[C@@H]2C=CC[C@H]12. The van der Waals surface area contributed by atoms with E-state index in [0.29, 0.717) is 36.3 Å². The van der Waals surface area contributed by atoms with Gasteiger partial charge in [-0.15, -0.1) is 0 Å². The molecule has 2 aliphatic carbocycles. The number of hydrogen-bond donors (Lipinski definition) is 1. The molecular weight excluding hydrogens is 312 g/mol. The van der Waals surface area contributed by atoms with Crippen LogP contribution in [0.1, 0.15) is 31.2 Å². The molecule has 5 heteroatoms. The summed E-state index contributed by atoms with van der Waals surface area (Å²) in [6.07, 6.45) is 7.58. The molecule has 0 heterocycles. The fraction of sp³-hybridized carbons (Fsp3) is 0.444. The first-order valence-corrected chi connectivity index (χ1v) is 8.42. The van der Waals surface area contributed by atoms with Crippen LogP contribution < -0.4 is 10.2 Å². The normalized spacial score (nSPS) is 23.5. The van der Waals surface area contributed by atoms with Crippen LogP contribution in [0.2, 0.25) is 5.02 Å². The molecule has 0 unspecified atom stereocenters. The molecule has 0 aliphatic heterocycles. The summed E-state index contributed by atoms with van der Waals surface area (Å²) in [6.45, 7) is 2.45. The van der Waals surface area contributed by atoms with Crippen molar-refractivity contribution < 1.29 is 9.53 Å². The highest BCUT2D eigenvalue weighted by atomic mass is 35.5. The summed E-state index contributed by atoms with van der Waals surface area (Å²) in [5.41, 5.74) is 4.79. The van der Waals surface area contributed by atoms with E-state index in [4.69, 9.17) is 16.3 Å². The van der Waals surface area contributed by atoms with Gasteiger partial charge in [0.15, 0.2) is 0 Å². The minimum Gasteiger partial charge on any atom is -0.493 e. The molecule has 1 fully saturated rings. The van der Waals surface area contributed by atoms with Crippen LogP contribution in [-0.2, 0) is 4.79 Å². The predicted octanol–water partition coefficient (Wildman–Crippen LogP) is 3.88. The Hall–Kier alpha value is -1.81. The molecule has 0 spiro atoms. The second kappa shape index (κ2) is 7.18. The lowest BCUT2D eigenvalue weighted by atomic mass is 9.74. The van der Waals surface area contributed by atoms with Gasteiger partial charge in [0, 0.05) is 23.1 Å². The summed E-state index contributed by atoms with van der Waals surface area (Å²) >= 11 is 5.91. The van der Waals surface area contributed by atoms with Crippen LogP contribution in [0.5, 0.6) is 5.75 Å². The Balaban J connectivity index is 1.34. The van der Waals surface area contributed by atoms with Gasteiger partial charge in [-0.1, -0.05) is 23.8 Å². The van der Waals surface area contributed by atoms with Gasteiger partial charge < -0.3 is 4.74 Å². The van der Waals surface area contributed by atoms with Gasteiger partial charge in [-0.25, -0.2) is 5.43 Å². The average molecular weight is 333 g/mol. The number of rotatable bonds is 6. The topological polar surface area (TPSA) is 50.7 Å². The number of amides is 1. The molecule has 0 aromatic heterocycles. The van der Waals surface area contributed by atoms with Crippen molar-refractivity contribution >= 4 is 23.2 Å². The first-order valence-electron chi connectivity index (χ1n) is 8.04. The third kappa shape index (κ3) is 3.94. The Morgan fingerprint density at radius 1 is 1.48 bits per heavy atom. The van der Waals surface area contributed by atoms with E-state index in [1.54, 1.807) is 6.07 Å². The third-order valence-corrected chi connectivity index (χ3v) is 4.66. The van der Waals surface area contributed by atoms with Crippen LogP contribution in [0.4, 0.5) is 0 Å². The number of allylic oxidation sites excluding steroid dienone is 2. The first kappa shape index (κ1) is 16.1. The molecular formula is C18H21ClN2O2. The molecule has 3 rings (SSSR count). The highest BCUT2D eigenvalue weighted by Gasteiger charge is 2.37. The number of nitrogens with zero attached hydrogens (tertiary/aromatic N) is 1. The summed E-state index contributed by atoms with van der Waals surface area (Å²) < 4.78 is 5.67. The van der Waals surface area contributed by atoms with E-state index in [9.17, 15) is 4.79 Å². The lowest BCUT2D eigenvalue weighted by Gasteiger charge is -2.31. The van der Waals surface area contributed by atoms with E-state index in [0.717, 1.165) is 29.9 Å². The number of benzene rings is 1. The lowest BCUT2D eigenvalue weighted by molar-refractivity contribution is -0.121. The fourth-order valence-corrected chi connectivity index (χ4v) is 3.27. The molecule has 2 aliphatic rings. The van der Waals surface area contributed by atoms with Gasteiger partial charge in [-0.2, -0.15) is 5.10 Å². The zero-order chi connectivity index (χ0) is 16.2. The molecule has 0 bridgehead atoms. The molecule has 1 saturated carbocycles. The molecule has 0 radical (unpaired) electrons. The van der Waals surface area contributed by atoms with E-state index >= 15 is 0 Å². The van der Waals surface area contributed by atoms with E-state index in [2.05, 4.69) is 22.7 Å². The zero-order valence-electron chi connectivity index (χ0n) is 13.2. The number of carbonyl (C=O) groups is 1. The quantitative estimate of drug-likeness (QED) is 0.488. The predicted molar refractivity (Wildman–Crippen MR) is 91.8 cm³/mol. The highest BCUT2D eigenvalue weighted by molar-refractivity contribution is 6.30. The Morgan fingerprint density at radius 2 is 2.35 bits per heavy atom. The van der Waals surface area contributed by atoms with Gasteiger partial charge in [0.2, 0.25) is 5.91 Å². The number of halogens is 1. The average Bonchev–Trinajstić information content (AvgIpc) is 2.87. The number of ether oxygens (including phenoxy) is 1. The van der Waals surface area contributed by atoms with Crippen molar-refractivity contribution in [3.05, 3.63) is 40.9 Å². The van der Waals surface area contributed by atoms with Crippen molar-refractivity contribution in [3.8, 4) is 5.75 Å². The van der Waals surface area contributed by atoms with Crippen molar-refractivity contribution in [2.24, 2.45) is 16.9 Å². The Morgan fingerprint density at radius 3 is 3.13 bits per heavy atom. The van der Waals surface area contributed by atoms with Crippen LogP contribution in [0.3, 0.4) is 0 Å². The van der Waals surface area contributed by atoms with Crippen molar-refractivity contribution in [1.29, 1.82) is 0 Å². The van der Waals surface area contributed by atoms with Crippen molar-refractivity contribution in [2.45, 2.75) is 32.6 Å². The number of fused-ring (bicyclic) bond motifs is 1. The maximum absolute atomic E-state index is 11.8. The van der Waals surface area contributed by atoms with Crippen LogP contribution >= 0.6 is 11.6 Å². The van der Waals surface area contributed by atoms with Gasteiger partial charge in [0.05, 0.1) is 6.61 Å². The Bertz CT molecular complexity index is 654. The summed E-state index contributed by atoms with van der Waals surface area (Å²) in [5, 5.41) is 4.95. The van der Waals surface area contributed by atoms with E-state index in [-0.39, 0.29) is 5.91 Å². The zero-order valence-corrected chi connectivity index (χ0v) is 14.0. The lowest BCUT2D eigenvalue weighted by Crippen LogP contribution is -2.35. The van der Waals surface area contributed by atoms with E-state index in [1.807, 2.05) is 19.1 Å². The third-order valence-electron chi connectivity index (χ3n) is 4.43. The summed E-state index contributed by atoms with van der Waals surface area (Å²) in [4.78, 5) is 11.8. The first-order chi connectivity index (χ1) is 11.1. The van der Waals surface area contributed by atoms with Gasteiger partial charge in [0.25, 0.3) is 0 Å². The van der Waals surface area contributed by atoms with Gasteiger partial charge in [0.1, 0.15) is 5.75 Å². The molecule has 1 amide bonds. The van der Waals surface area contributed by atoms with E-state index in [1.165, 1.54) is 0 Å². The van der Waals surface area contributed by atoms with Gasteiger partial charge in [-0.05, 0) is 55.9 Å². The summed E-state index contributed by atoms with van der Waals surface area (Å²) in [6, 6.07) is 5.52. The van der Waals surface area contributed by atoms with E-state index < -0.39 is 0 Å². The highest BCUT2D eigenvalue weighted by Crippen LogP contribution is 2.40. The van der Waals surface area contributed by atoms with Crippen LogP contribution in [0.15, 0.2) is 35.5 Å². The molecule has 2 atom stereocenters. The standard InChI is InChI=1S/C18H21ClN2O2/c1-12-10-14(19)7-8-17(12)23-9-3-6-18(22)21-20-16-11-13-4-2-5-15(13)16/h2,4,7-8,10,13,15H,3,5-6,9,11H2,1H3,(H,21,22)/b20-16+/t13-,15-/m0/s1. The fourth-order valence-electron chi connectivity index (χ4n) is 3.04. The molecule has 1 N–H and O–H groups in total. The van der Waals surface area contributed by atoms with Crippen LogP contribution in [0, 0.1) is 18.8 Å². The number of carbonyl (C=O) groups excluding carboxylic acids is 1. The van der Waals surface area contributed by atoms with Crippen LogP contribution in [-0.4, -0.2) is 18.2 Å². The Labute approximate surface area is 141 Å². The van der Waals surface area contributed by atoms with Gasteiger partial charge in [-0.3, -0.25) is 4.79 Å². The monoisotopic (exact) mass is 332 g/mol. The van der Waals surface area contributed by atoms with Crippen molar-refractivity contribution in [1.82, 2.24) is 5.43 Å². The number of hydrazone groups is 1. The van der Waals surface area contributed by atoms with Crippen molar-refractivity contribution in [2.75, 3.05) is 6.61 Å². The minimum atomic E-state index is -0.0525. The maximum Gasteiger partial charge on any atom is 0.240 e. The molecule has 122 valence electrons. The Kier molecular flexibility index (Phi) is 5.01. The largest absolute Gasteiger partial charge is 0.493 e. The number of hydrogen-bond acceptors (Lipinski definition) is 3. The molecule has 1 aromatic carbocycles. The molecule has 4 nitrogen and oxygen atoms in total. The smallest absolute Gasteiger partial charge is 0.240 e. The number of nitrogens with one attached hydrogen (secondary N) is 1. The maximum atomic E-state index is 11.8. The molecule has 1 aromatic rings. The minimum absolute atomic E-state index is 0.0525. The molecule has 0 saturated heterocycles.